The smallest absolute Gasteiger partial charge is 0.326 e. The summed E-state index contributed by atoms with van der Waals surface area (Å²) in [5.74, 6) is -14.9. The van der Waals surface area contributed by atoms with Gasteiger partial charge in [-0.25, -0.2) is 4.79 Å². The molecular formula is C55H78N12O17. The molecule has 29 nitrogen and oxygen atoms in total. The largest absolute Gasteiger partial charge is 0.481 e. The van der Waals surface area contributed by atoms with Gasteiger partial charge in [-0.1, -0.05) is 62.4 Å². The van der Waals surface area contributed by atoms with Crippen LogP contribution in [0.4, 0.5) is 0 Å². The van der Waals surface area contributed by atoms with E-state index >= 15 is 0 Å². The van der Waals surface area contributed by atoms with Crippen LogP contribution in [-0.4, -0.2) is 169 Å². The number of carbonyl (C=O) groups is 13. The first-order chi connectivity index (χ1) is 39.6. The monoisotopic (exact) mass is 1180 g/mol. The summed E-state index contributed by atoms with van der Waals surface area (Å²) in [5.41, 5.74) is 13.7. The van der Waals surface area contributed by atoms with Crippen molar-refractivity contribution < 1.29 is 82.8 Å². The second kappa shape index (κ2) is 34.5. The standard InChI is InChI=1S/C55H78N12O17/c1-28(2)23-40(52(80)60-29(3)46(74)59-30(4)48(76)65-41(24-32-13-7-6-8-14-32)53(81)61-31(5)47(75)64-39(55(83)84)17-11-12-22-56)67-51(79)38(19-21-44(70)71)62-50(78)37(18-20-43(68)69)63-54(82)42(26-45(72)73)66-49(77)35(57)25-33-27-58-36-16-10-9-15-34(33)36/h6-10,13-16,27-31,35,37-42,58H,11-12,17-26,56-57H2,1-5H3,(H,59,74)(H,60,80)(H,61,81)(H,62,78)(H,63,82)(H,64,75)(H,65,76)(H,66,77)(H,67,79)(H,68,69)(H,70,71)(H,72,73)(H,83,84)/t29-,30-,31-,35-,37-,38-,39-,40-,41-,42-/m0/s1. The Morgan fingerprint density at radius 3 is 1.42 bits per heavy atom. The number of benzene rings is 2. The summed E-state index contributed by atoms with van der Waals surface area (Å²) < 4.78 is 0. The summed E-state index contributed by atoms with van der Waals surface area (Å²) in [6, 6.07) is 0.792. The Morgan fingerprint density at radius 2 is 0.905 bits per heavy atom. The number of nitrogens with one attached hydrogen (secondary N) is 10. The SMILES string of the molecule is CC(C)C[C@H](NC(=O)[C@H](CCC(=O)O)NC(=O)[C@H](CCC(=O)O)NC(=O)[C@H](CC(=O)O)NC(=O)[C@@H](N)Cc1c[nH]c2ccccc12)C(=O)N[C@@H](C)C(=O)N[C@@H](C)C(=O)N[C@@H](Cc1ccccc1)C(=O)N[C@@H](C)C(=O)N[C@@H](CCCCN)C(=O)O. The number of nitrogens with two attached hydrogens (primary N) is 2. The zero-order valence-electron chi connectivity index (χ0n) is 47.4. The van der Waals surface area contributed by atoms with Crippen molar-refractivity contribution in [2.75, 3.05) is 6.54 Å². The Kier molecular flexibility index (Phi) is 28.4. The van der Waals surface area contributed by atoms with Gasteiger partial charge in [-0.3, -0.25) is 57.5 Å². The summed E-state index contributed by atoms with van der Waals surface area (Å²) in [5, 5.41) is 60.6. The van der Waals surface area contributed by atoms with E-state index in [2.05, 4.69) is 52.8 Å². The van der Waals surface area contributed by atoms with E-state index in [-0.39, 0.29) is 31.6 Å². The molecule has 0 spiro atoms. The maximum atomic E-state index is 14.0. The summed E-state index contributed by atoms with van der Waals surface area (Å²) >= 11 is 0. The van der Waals surface area contributed by atoms with Crippen molar-refractivity contribution in [2.24, 2.45) is 17.4 Å². The number of aliphatic carboxylic acids is 4. The zero-order valence-corrected chi connectivity index (χ0v) is 47.4. The minimum absolute atomic E-state index is 0.0415. The Bertz CT molecular complexity index is 2810. The maximum absolute atomic E-state index is 14.0. The molecule has 0 saturated heterocycles. The van der Waals surface area contributed by atoms with Crippen LogP contribution < -0.4 is 59.3 Å². The normalized spacial score (nSPS) is 14.7. The predicted octanol–water partition coefficient (Wildman–Crippen LogP) is -1.83. The average molecular weight is 1180 g/mol. The van der Waals surface area contributed by atoms with Crippen LogP contribution in [0, 0.1) is 5.92 Å². The number of hydrogen-bond donors (Lipinski definition) is 16. The molecule has 0 aliphatic heterocycles. The van der Waals surface area contributed by atoms with Gasteiger partial charge in [-0.15, -0.1) is 0 Å². The summed E-state index contributed by atoms with van der Waals surface area (Å²) in [6.07, 6.45) is -1.32. The third kappa shape index (κ3) is 23.8. The lowest BCUT2D eigenvalue weighted by atomic mass is 10.0. The number of unbranched alkanes of at least 4 members (excludes halogenated alkanes) is 1. The van der Waals surface area contributed by atoms with Gasteiger partial charge in [0.05, 0.1) is 12.5 Å². The first kappa shape index (κ1) is 69.3. The third-order valence-electron chi connectivity index (χ3n) is 13.1. The van der Waals surface area contributed by atoms with Gasteiger partial charge in [0.25, 0.3) is 0 Å². The fraction of sp³-hybridized carbons (Fsp3) is 0.509. The van der Waals surface area contributed by atoms with Crippen LogP contribution in [-0.2, 0) is 75.2 Å². The topological polar surface area (TPSA) is 479 Å². The highest BCUT2D eigenvalue weighted by molar-refractivity contribution is 5.99. The molecule has 0 unspecified atom stereocenters. The van der Waals surface area contributed by atoms with Crippen molar-refractivity contribution >= 4 is 87.9 Å². The lowest BCUT2D eigenvalue weighted by Crippen LogP contribution is -2.60. The van der Waals surface area contributed by atoms with E-state index in [1.54, 1.807) is 74.6 Å². The van der Waals surface area contributed by atoms with E-state index in [9.17, 15) is 82.8 Å². The molecule has 3 rings (SSSR count). The number of para-hydroxylation sites is 1. The lowest BCUT2D eigenvalue weighted by molar-refractivity contribution is -0.142. The molecule has 2 aromatic carbocycles. The highest BCUT2D eigenvalue weighted by Gasteiger charge is 2.35. The molecular weight excluding hydrogens is 1100 g/mol. The zero-order chi connectivity index (χ0) is 62.8. The van der Waals surface area contributed by atoms with Crippen LogP contribution in [0.3, 0.4) is 0 Å². The number of aromatic nitrogens is 1. The van der Waals surface area contributed by atoms with Crippen LogP contribution >= 0.6 is 0 Å². The number of rotatable bonds is 37. The number of amides is 9. The molecule has 460 valence electrons. The number of carboxylic acid groups (broad SMARTS) is 4. The van der Waals surface area contributed by atoms with Crippen molar-refractivity contribution in [1.29, 1.82) is 0 Å². The van der Waals surface area contributed by atoms with Crippen LogP contribution in [0.15, 0.2) is 60.8 Å². The van der Waals surface area contributed by atoms with Gasteiger partial charge in [0, 0.05) is 36.4 Å². The number of fused-ring (bicyclic) bond motifs is 1. The van der Waals surface area contributed by atoms with Gasteiger partial charge in [0.2, 0.25) is 53.2 Å². The van der Waals surface area contributed by atoms with Crippen LogP contribution in [0.5, 0.6) is 0 Å². The Morgan fingerprint density at radius 1 is 0.464 bits per heavy atom. The summed E-state index contributed by atoms with van der Waals surface area (Å²) in [7, 11) is 0. The van der Waals surface area contributed by atoms with Gasteiger partial charge in [-0.05, 0) is 95.4 Å². The van der Waals surface area contributed by atoms with Gasteiger partial charge in [0.15, 0.2) is 0 Å². The lowest BCUT2D eigenvalue weighted by Gasteiger charge is -2.27. The van der Waals surface area contributed by atoms with E-state index in [1.165, 1.54) is 20.8 Å². The van der Waals surface area contributed by atoms with Gasteiger partial charge >= 0.3 is 23.9 Å². The molecule has 0 radical (unpaired) electrons. The van der Waals surface area contributed by atoms with Crippen LogP contribution in [0.1, 0.15) is 104 Å². The molecule has 9 amide bonds. The number of hydrogen-bond acceptors (Lipinski definition) is 15. The van der Waals surface area contributed by atoms with E-state index in [0.29, 0.717) is 30.5 Å². The van der Waals surface area contributed by atoms with Gasteiger partial charge < -0.3 is 84.7 Å². The van der Waals surface area contributed by atoms with Gasteiger partial charge in [-0.2, -0.15) is 0 Å². The minimum atomic E-state index is -1.86. The third-order valence-corrected chi connectivity index (χ3v) is 13.1. The molecule has 0 aliphatic carbocycles. The highest BCUT2D eigenvalue weighted by Crippen LogP contribution is 2.19. The molecule has 1 aromatic heterocycles. The van der Waals surface area contributed by atoms with Crippen molar-refractivity contribution in [3.05, 3.63) is 71.9 Å². The average Bonchev–Trinajstić information content (AvgIpc) is 4.07. The minimum Gasteiger partial charge on any atom is -0.481 e. The molecule has 10 atom stereocenters. The highest BCUT2D eigenvalue weighted by atomic mass is 16.4. The van der Waals surface area contributed by atoms with Crippen LogP contribution in [0.2, 0.25) is 0 Å². The Balaban J connectivity index is 1.74. The maximum Gasteiger partial charge on any atom is 0.326 e. The van der Waals surface area contributed by atoms with E-state index < -0.39 is 170 Å². The van der Waals surface area contributed by atoms with Crippen molar-refractivity contribution in [3.8, 4) is 0 Å². The molecule has 84 heavy (non-hydrogen) atoms. The number of carbonyl (C=O) groups excluding carboxylic acids is 9. The fourth-order valence-electron chi connectivity index (χ4n) is 8.45. The summed E-state index contributed by atoms with van der Waals surface area (Å²) in [4.78, 5) is 173. The second-order valence-corrected chi connectivity index (χ2v) is 20.6. The molecule has 3 aromatic rings. The van der Waals surface area contributed by atoms with Crippen LogP contribution in [0.25, 0.3) is 10.9 Å². The second-order valence-electron chi connectivity index (χ2n) is 20.6. The molecule has 1 heterocycles. The van der Waals surface area contributed by atoms with E-state index in [1.807, 2.05) is 0 Å². The Hall–Kier alpha value is -8.99. The molecule has 18 N–H and O–H groups in total. The number of carboxylic acids is 4. The molecule has 0 saturated carbocycles. The Labute approximate surface area is 483 Å². The molecule has 0 aliphatic rings. The quantitative estimate of drug-likeness (QED) is 0.0282. The van der Waals surface area contributed by atoms with Gasteiger partial charge in [0.1, 0.15) is 54.4 Å². The molecule has 0 bridgehead atoms. The number of H-pyrrole nitrogens is 1. The van der Waals surface area contributed by atoms with Crippen molar-refractivity contribution in [3.63, 3.8) is 0 Å². The van der Waals surface area contributed by atoms with E-state index in [4.69, 9.17) is 11.5 Å². The van der Waals surface area contributed by atoms with Crippen molar-refractivity contribution in [2.45, 2.75) is 166 Å². The number of aromatic amines is 1. The van der Waals surface area contributed by atoms with Crippen molar-refractivity contribution in [1.82, 2.24) is 52.8 Å². The first-order valence-electron chi connectivity index (χ1n) is 27.3. The van der Waals surface area contributed by atoms with E-state index in [0.717, 1.165) is 10.9 Å². The molecule has 29 heteroatoms. The summed E-state index contributed by atoms with van der Waals surface area (Å²) in [6.45, 7) is 7.55. The molecule has 0 fully saturated rings. The first-order valence-corrected chi connectivity index (χ1v) is 27.3. The predicted molar refractivity (Wildman–Crippen MR) is 301 cm³/mol. The fourth-order valence-corrected chi connectivity index (χ4v) is 8.45.